The van der Waals surface area contributed by atoms with Crippen molar-refractivity contribution in [2.24, 2.45) is 39.9 Å². The van der Waals surface area contributed by atoms with Gasteiger partial charge in [0.15, 0.2) is 11.6 Å². The van der Waals surface area contributed by atoms with E-state index in [4.69, 9.17) is 0 Å². The van der Waals surface area contributed by atoms with Gasteiger partial charge >= 0.3 is 5.97 Å². The summed E-state index contributed by atoms with van der Waals surface area (Å²) < 4.78 is 0. The van der Waals surface area contributed by atoms with Crippen LogP contribution in [0.2, 0.25) is 0 Å². The van der Waals surface area contributed by atoms with Crippen LogP contribution in [0, 0.1) is 39.9 Å². The van der Waals surface area contributed by atoms with E-state index in [1.54, 1.807) is 13.0 Å². The number of fused-ring (bicyclic) bond motifs is 1. The van der Waals surface area contributed by atoms with Gasteiger partial charge in [0.25, 0.3) is 0 Å². The Morgan fingerprint density at radius 1 is 1.13 bits per heavy atom. The molecule has 6 aliphatic carbocycles. The molecule has 2 fully saturated rings. The van der Waals surface area contributed by atoms with Crippen LogP contribution in [0.1, 0.15) is 73.1 Å². The Morgan fingerprint density at radius 2 is 1.84 bits per heavy atom. The van der Waals surface area contributed by atoms with Gasteiger partial charge in [-0.15, -0.1) is 0 Å². The van der Waals surface area contributed by atoms with E-state index in [9.17, 15) is 19.5 Å². The second kappa shape index (κ2) is 6.30. The largest absolute Gasteiger partial charge is 0.481 e. The molecule has 2 saturated carbocycles. The van der Waals surface area contributed by atoms with Crippen molar-refractivity contribution in [3.63, 3.8) is 0 Å². The number of carbonyl (C=O) groups excluding carboxylic acids is 2. The summed E-state index contributed by atoms with van der Waals surface area (Å²) >= 11 is 0. The van der Waals surface area contributed by atoms with Gasteiger partial charge in [0.1, 0.15) is 0 Å². The predicted molar refractivity (Wildman–Crippen MR) is 118 cm³/mol. The molecule has 0 aromatic carbocycles. The molecule has 6 rings (SSSR count). The monoisotopic (exact) mass is 422 g/mol. The highest BCUT2D eigenvalue weighted by Crippen LogP contribution is 2.72. The minimum atomic E-state index is -0.713. The van der Waals surface area contributed by atoms with Crippen LogP contribution in [0.5, 0.6) is 0 Å². The molecular weight excluding hydrogens is 388 g/mol. The molecule has 0 heterocycles. The third-order valence-electron chi connectivity index (χ3n) is 9.98. The molecule has 31 heavy (non-hydrogen) atoms. The highest BCUT2D eigenvalue weighted by molar-refractivity contribution is 6.24. The predicted octanol–water partition coefficient (Wildman–Crippen LogP) is 5.29. The lowest BCUT2D eigenvalue weighted by molar-refractivity contribution is -0.175. The summed E-state index contributed by atoms with van der Waals surface area (Å²) in [4.78, 5) is 39.1. The normalized spacial score (nSPS) is 43.9. The van der Waals surface area contributed by atoms with Gasteiger partial charge in [-0.05, 0) is 75.2 Å². The van der Waals surface area contributed by atoms with Crippen molar-refractivity contribution < 1.29 is 19.5 Å². The average molecular weight is 423 g/mol. The fraction of sp³-hybridized carbons (Fsp3) is 0.667. The zero-order valence-electron chi connectivity index (χ0n) is 19.4. The highest BCUT2D eigenvalue weighted by Gasteiger charge is 2.67. The number of ketones is 2. The van der Waals surface area contributed by atoms with Crippen LogP contribution in [0.25, 0.3) is 0 Å². The van der Waals surface area contributed by atoms with Gasteiger partial charge in [-0.3, -0.25) is 14.4 Å². The first-order valence-corrected chi connectivity index (χ1v) is 12.0. The van der Waals surface area contributed by atoms with E-state index < -0.39 is 16.8 Å². The van der Waals surface area contributed by atoms with Gasteiger partial charge in [0, 0.05) is 28.1 Å². The Hall–Kier alpha value is -1.97. The van der Waals surface area contributed by atoms with Crippen molar-refractivity contribution in [1.82, 2.24) is 0 Å². The molecule has 0 amide bonds. The molecule has 6 aliphatic rings. The van der Waals surface area contributed by atoms with E-state index in [-0.39, 0.29) is 34.7 Å². The molecule has 1 spiro atoms. The van der Waals surface area contributed by atoms with E-state index in [2.05, 4.69) is 26.8 Å². The van der Waals surface area contributed by atoms with Crippen molar-refractivity contribution >= 4 is 17.5 Å². The van der Waals surface area contributed by atoms with Crippen LogP contribution < -0.4 is 0 Å². The number of aliphatic carboxylic acids is 1. The van der Waals surface area contributed by atoms with Crippen LogP contribution in [0.15, 0.2) is 34.4 Å². The number of hydrogen-bond donors (Lipinski definition) is 1. The zero-order chi connectivity index (χ0) is 22.5. The maximum atomic E-state index is 13.5. The topological polar surface area (TPSA) is 71.4 Å². The van der Waals surface area contributed by atoms with E-state index in [0.717, 1.165) is 49.7 Å². The smallest absolute Gasteiger partial charge is 0.309 e. The molecule has 4 nitrogen and oxygen atoms in total. The van der Waals surface area contributed by atoms with E-state index in [1.807, 2.05) is 6.92 Å². The molecule has 166 valence electrons. The molecule has 0 saturated heterocycles. The number of allylic oxidation sites excluding steroid dienone is 6. The highest BCUT2D eigenvalue weighted by atomic mass is 16.4. The van der Waals surface area contributed by atoms with Crippen LogP contribution >= 0.6 is 0 Å². The van der Waals surface area contributed by atoms with Gasteiger partial charge in [-0.2, -0.15) is 0 Å². The number of rotatable bonds is 2. The molecule has 0 aliphatic heterocycles. The maximum absolute atomic E-state index is 13.5. The second-order valence-corrected chi connectivity index (χ2v) is 11.7. The third kappa shape index (κ3) is 2.40. The lowest BCUT2D eigenvalue weighted by atomic mass is 9.36. The zero-order valence-corrected chi connectivity index (χ0v) is 19.4. The minimum absolute atomic E-state index is 0.00346. The number of carboxylic acids is 1. The fourth-order valence-electron chi connectivity index (χ4n) is 8.62. The third-order valence-corrected chi connectivity index (χ3v) is 9.98. The number of hydrogen-bond acceptors (Lipinski definition) is 3. The molecule has 1 N–H and O–H groups in total. The van der Waals surface area contributed by atoms with Crippen molar-refractivity contribution in [3.05, 3.63) is 34.4 Å². The lowest BCUT2D eigenvalue weighted by Crippen LogP contribution is -2.62. The summed E-state index contributed by atoms with van der Waals surface area (Å²) in [5.41, 5.74) is 2.11. The molecule has 6 atom stereocenters. The summed E-state index contributed by atoms with van der Waals surface area (Å²) in [6.07, 6.45) is 9.01. The van der Waals surface area contributed by atoms with Gasteiger partial charge in [-0.25, -0.2) is 0 Å². The van der Waals surface area contributed by atoms with Crippen molar-refractivity contribution in [2.75, 3.05) is 0 Å². The summed E-state index contributed by atoms with van der Waals surface area (Å²) in [6, 6.07) is 0. The van der Waals surface area contributed by atoms with Crippen LogP contribution in [-0.2, 0) is 14.4 Å². The summed E-state index contributed by atoms with van der Waals surface area (Å²) in [5, 5.41) is 10.2. The van der Waals surface area contributed by atoms with E-state index in [0.29, 0.717) is 11.5 Å². The second-order valence-electron chi connectivity index (χ2n) is 11.7. The molecule has 4 heteroatoms. The van der Waals surface area contributed by atoms with Gasteiger partial charge in [0.2, 0.25) is 0 Å². The summed E-state index contributed by atoms with van der Waals surface area (Å²) in [7, 11) is 0. The number of carboxylic acid groups (broad SMARTS) is 1. The Labute approximate surface area is 184 Å². The summed E-state index contributed by atoms with van der Waals surface area (Å²) in [5.74, 6) is 0.0269. The van der Waals surface area contributed by atoms with Gasteiger partial charge < -0.3 is 5.11 Å². The van der Waals surface area contributed by atoms with Crippen LogP contribution in [-0.4, -0.2) is 22.6 Å². The average Bonchev–Trinajstić information content (AvgIpc) is 2.70. The van der Waals surface area contributed by atoms with Crippen LogP contribution in [0.4, 0.5) is 0 Å². The molecular formula is C27H34O4. The molecule has 0 unspecified atom stereocenters. The van der Waals surface area contributed by atoms with Gasteiger partial charge in [-0.1, -0.05) is 38.8 Å². The first kappa shape index (κ1) is 20.9. The maximum Gasteiger partial charge on any atom is 0.309 e. The first-order valence-electron chi connectivity index (χ1n) is 12.0. The SMILES string of the molecule is CC1=CC(=O)C2=C(C1=O)[C@@]13C=C(C(C)C)[C@@H]2C[C@@H]1[C@@]1(C)CCC[C@@](C)(C(=O)O)[C@@H]1CC3. The Balaban J connectivity index is 1.72. The molecule has 2 bridgehead atoms. The van der Waals surface area contributed by atoms with Gasteiger partial charge in [0.05, 0.1) is 5.41 Å². The minimum Gasteiger partial charge on any atom is -0.481 e. The van der Waals surface area contributed by atoms with Crippen molar-refractivity contribution in [3.8, 4) is 0 Å². The molecule has 0 aromatic rings. The van der Waals surface area contributed by atoms with Crippen LogP contribution in [0.3, 0.4) is 0 Å². The fourth-order valence-corrected chi connectivity index (χ4v) is 8.62. The van der Waals surface area contributed by atoms with Crippen molar-refractivity contribution in [1.29, 1.82) is 0 Å². The van der Waals surface area contributed by atoms with Crippen molar-refractivity contribution in [2.45, 2.75) is 73.1 Å². The van der Waals surface area contributed by atoms with E-state index >= 15 is 0 Å². The molecule has 0 radical (unpaired) electrons. The Kier molecular flexibility index (Phi) is 4.25. The van der Waals surface area contributed by atoms with E-state index in [1.165, 1.54) is 5.57 Å². The number of Topliss-reactive ketones (excluding diaryl/α,β-unsaturated/α-hetero) is 1. The lowest BCUT2D eigenvalue weighted by Gasteiger charge is -2.66. The standard InChI is InChI=1S/C27H34O4/c1-14(2)17-13-27-10-7-19-25(4,8-6-9-26(19,5)24(30)31)20(27)12-16(17)21-18(28)11-15(3)23(29)22(21)27/h11,13-14,16,19-20H,6-10,12H2,1-5H3,(H,30,31)/t16-,19+,20+,25-,26+,27-/m0/s1. The Bertz CT molecular complexity index is 1010. The molecule has 0 aromatic heterocycles. The Morgan fingerprint density at radius 3 is 2.48 bits per heavy atom. The summed E-state index contributed by atoms with van der Waals surface area (Å²) in [6.45, 7) is 10.4. The quantitative estimate of drug-likeness (QED) is 0.485. The number of carbonyl (C=O) groups is 3. The first-order chi connectivity index (χ1) is 14.5.